The highest BCUT2D eigenvalue weighted by molar-refractivity contribution is 5.94. The van der Waals surface area contributed by atoms with E-state index in [1.807, 2.05) is 18.7 Å². The van der Waals surface area contributed by atoms with Crippen molar-refractivity contribution in [1.29, 1.82) is 0 Å². The largest absolute Gasteiger partial charge is 0.353 e. The highest BCUT2D eigenvalue weighted by Crippen LogP contribution is 2.16. The molecule has 5 nitrogen and oxygen atoms in total. The molecule has 0 bridgehead atoms. The molecule has 0 aliphatic carbocycles. The van der Waals surface area contributed by atoms with Crippen LogP contribution in [0.5, 0.6) is 0 Å². The van der Waals surface area contributed by atoms with Crippen LogP contribution in [0.4, 0.5) is 0 Å². The Labute approximate surface area is 120 Å². The fraction of sp³-hybridized carbons (Fsp3) is 0.733. The quantitative estimate of drug-likeness (QED) is 0.749. The Balaban J connectivity index is 1.79. The summed E-state index contributed by atoms with van der Waals surface area (Å²) in [6.07, 6.45) is 3.20. The second-order valence-electron chi connectivity index (χ2n) is 5.72. The number of carbonyl (C=O) groups excluding carboxylic acids is 2. The Morgan fingerprint density at radius 1 is 1.30 bits per heavy atom. The Kier molecular flexibility index (Phi) is 5.17. The molecular weight excluding hydrogens is 254 g/mol. The molecule has 2 aliphatic rings. The van der Waals surface area contributed by atoms with E-state index < -0.39 is 0 Å². The molecule has 20 heavy (non-hydrogen) atoms. The van der Waals surface area contributed by atoms with Gasteiger partial charge in [-0.05, 0) is 31.8 Å². The minimum Gasteiger partial charge on any atom is -0.353 e. The van der Waals surface area contributed by atoms with E-state index in [1.54, 1.807) is 0 Å². The van der Waals surface area contributed by atoms with Crippen LogP contribution in [-0.2, 0) is 9.59 Å². The summed E-state index contributed by atoms with van der Waals surface area (Å²) >= 11 is 0. The molecule has 2 N–H and O–H groups in total. The predicted octanol–water partition coefficient (Wildman–Crippen LogP) is 0.813. The van der Waals surface area contributed by atoms with Crippen LogP contribution >= 0.6 is 0 Å². The standard InChI is InChI=1S/C15H25N3O2/c1-3-4-14(19)17-13-5-7-18(8-6-13)15(20)11(2)12-9-16-10-12/h13,16H,3-10H2,1-2H3,(H,17,19). The van der Waals surface area contributed by atoms with E-state index in [-0.39, 0.29) is 17.9 Å². The molecule has 2 amide bonds. The maximum absolute atomic E-state index is 12.3. The minimum absolute atomic E-state index is 0.135. The van der Waals surface area contributed by atoms with Crippen molar-refractivity contribution in [1.82, 2.24) is 15.5 Å². The third kappa shape index (κ3) is 3.60. The van der Waals surface area contributed by atoms with Crippen LogP contribution < -0.4 is 10.6 Å². The molecule has 0 aromatic rings. The van der Waals surface area contributed by atoms with Gasteiger partial charge in [0.25, 0.3) is 0 Å². The number of carbonyl (C=O) groups is 2. The molecular formula is C15H25N3O2. The van der Waals surface area contributed by atoms with E-state index >= 15 is 0 Å². The van der Waals surface area contributed by atoms with Crippen LogP contribution in [0.1, 0.15) is 39.5 Å². The molecule has 2 heterocycles. The van der Waals surface area contributed by atoms with E-state index in [0.29, 0.717) is 6.42 Å². The van der Waals surface area contributed by atoms with Gasteiger partial charge in [0.1, 0.15) is 0 Å². The first-order valence-corrected chi connectivity index (χ1v) is 7.59. The van der Waals surface area contributed by atoms with Crippen molar-refractivity contribution in [3.63, 3.8) is 0 Å². The average molecular weight is 279 g/mol. The Bertz CT molecular complexity index is 403. The molecule has 0 unspecified atom stereocenters. The van der Waals surface area contributed by atoms with Gasteiger partial charge in [0.2, 0.25) is 11.8 Å². The molecule has 2 rings (SSSR count). The summed E-state index contributed by atoms with van der Waals surface area (Å²) < 4.78 is 0. The third-order valence-electron chi connectivity index (χ3n) is 4.15. The van der Waals surface area contributed by atoms with Gasteiger partial charge in [-0.1, -0.05) is 6.92 Å². The lowest BCUT2D eigenvalue weighted by Crippen LogP contribution is -2.47. The number of nitrogens with one attached hydrogen (secondary N) is 2. The van der Waals surface area contributed by atoms with E-state index in [9.17, 15) is 9.59 Å². The lowest BCUT2D eigenvalue weighted by Gasteiger charge is -2.33. The van der Waals surface area contributed by atoms with Gasteiger partial charge in [0.05, 0.1) is 0 Å². The number of rotatable bonds is 4. The fourth-order valence-corrected chi connectivity index (χ4v) is 2.66. The number of amides is 2. The van der Waals surface area contributed by atoms with E-state index in [0.717, 1.165) is 51.0 Å². The Hall–Kier alpha value is -1.36. The summed E-state index contributed by atoms with van der Waals surface area (Å²) in [5.41, 5.74) is 2.13. The van der Waals surface area contributed by atoms with Gasteiger partial charge in [0, 0.05) is 44.2 Å². The summed E-state index contributed by atoms with van der Waals surface area (Å²) in [5.74, 6) is 0.302. The number of nitrogens with zero attached hydrogens (tertiary/aromatic N) is 1. The Morgan fingerprint density at radius 3 is 2.45 bits per heavy atom. The van der Waals surface area contributed by atoms with Crippen molar-refractivity contribution in [2.24, 2.45) is 0 Å². The van der Waals surface area contributed by atoms with Crippen LogP contribution in [-0.4, -0.2) is 48.9 Å². The van der Waals surface area contributed by atoms with Crippen molar-refractivity contribution < 1.29 is 9.59 Å². The minimum atomic E-state index is 0.135. The molecule has 5 heteroatoms. The maximum atomic E-state index is 12.3. The summed E-state index contributed by atoms with van der Waals surface area (Å²) in [5, 5.41) is 6.22. The number of likely N-dealkylation sites (tertiary alicyclic amines) is 1. The second-order valence-corrected chi connectivity index (χ2v) is 5.72. The first-order chi connectivity index (χ1) is 9.61. The summed E-state index contributed by atoms with van der Waals surface area (Å²) in [4.78, 5) is 25.8. The van der Waals surface area contributed by atoms with Gasteiger partial charge in [-0.15, -0.1) is 0 Å². The number of piperidine rings is 1. The SMILES string of the molecule is CCCC(=O)NC1CCN(C(=O)C(C)=C2CNC2)CC1. The molecule has 0 atom stereocenters. The summed E-state index contributed by atoms with van der Waals surface area (Å²) in [7, 11) is 0. The normalized spacial score (nSPS) is 19.5. The van der Waals surface area contributed by atoms with Gasteiger partial charge >= 0.3 is 0 Å². The highest BCUT2D eigenvalue weighted by Gasteiger charge is 2.26. The lowest BCUT2D eigenvalue weighted by atomic mass is 10.0. The predicted molar refractivity (Wildman–Crippen MR) is 78.2 cm³/mol. The van der Waals surface area contributed by atoms with Crippen molar-refractivity contribution in [3.05, 3.63) is 11.1 Å². The van der Waals surface area contributed by atoms with Gasteiger partial charge in [0.15, 0.2) is 0 Å². The zero-order valence-corrected chi connectivity index (χ0v) is 12.5. The monoisotopic (exact) mass is 279 g/mol. The van der Waals surface area contributed by atoms with Crippen LogP contribution in [0.3, 0.4) is 0 Å². The smallest absolute Gasteiger partial charge is 0.249 e. The van der Waals surface area contributed by atoms with Crippen molar-refractivity contribution in [2.75, 3.05) is 26.2 Å². The maximum Gasteiger partial charge on any atom is 0.249 e. The van der Waals surface area contributed by atoms with Crippen LogP contribution in [0.25, 0.3) is 0 Å². The number of hydrogen-bond donors (Lipinski definition) is 2. The van der Waals surface area contributed by atoms with Gasteiger partial charge in [-0.2, -0.15) is 0 Å². The molecule has 0 saturated carbocycles. The van der Waals surface area contributed by atoms with E-state index in [1.165, 1.54) is 5.57 Å². The van der Waals surface area contributed by atoms with Gasteiger partial charge in [-0.25, -0.2) is 0 Å². The number of hydrogen-bond acceptors (Lipinski definition) is 3. The van der Waals surface area contributed by atoms with Crippen LogP contribution in [0.15, 0.2) is 11.1 Å². The molecule has 2 saturated heterocycles. The van der Waals surface area contributed by atoms with E-state index in [4.69, 9.17) is 0 Å². The first-order valence-electron chi connectivity index (χ1n) is 7.59. The highest BCUT2D eigenvalue weighted by atomic mass is 16.2. The zero-order valence-electron chi connectivity index (χ0n) is 12.5. The third-order valence-corrected chi connectivity index (χ3v) is 4.15. The molecule has 0 aromatic heterocycles. The summed E-state index contributed by atoms with van der Waals surface area (Å²) in [6.45, 7) is 7.12. The average Bonchev–Trinajstić information content (AvgIpc) is 2.37. The molecule has 112 valence electrons. The molecule has 2 aliphatic heterocycles. The summed E-state index contributed by atoms with van der Waals surface area (Å²) in [6, 6.07) is 0.233. The molecule has 2 fully saturated rings. The lowest BCUT2D eigenvalue weighted by molar-refractivity contribution is -0.128. The van der Waals surface area contributed by atoms with Crippen molar-refractivity contribution in [3.8, 4) is 0 Å². The Morgan fingerprint density at radius 2 is 1.95 bits per heavy atom. The van der Waals surface area contributed by atoms with Crippen LogP contribution in [0.2, 0.25) is 0 Å². The van der Waals surface area contributed by atoms with Gasteiger partial charge < -0.3 is 15.5 Å². The molecule has 0 spiro atoms. The topological polar surface area (TPSA) is 61.4 Å². The first kappa shape index (κ1) is 15.0. The molecule has 0 aromatic carbocycles. The van der Waals surface area contributed by atoms with Gasteiger partial charge in [-0.3, -0.25) is 9.59 Å². The van der Waals surface area contributed by atoms with Crippen molar-refractivity contribution in [2.45, 2.75) is 45.6 Å². The second kappa shape index (κ2) is 6.88. The molecule has 0 radical (unpaired) electrons. The zero-order chi connectivity index (χ0) is 14.5. The van der Waals surface area contributed by atoms with Crippen molar-refractivity contribution >= 4 is 11.8 Å². The van der Waals surface area contributed by atoms with E-state index in [2.05, 4.69) is 10.6 Å². The van der Waals surface area contributed by atoms with Crippen LogP contribution in [0, 0.1) is 0 Å². The fourth-order valence-electron chi connectivity index (χ4n) is 2.66.